The molecule has 0 unspecified atom stereocenters. The Morgan fingerprint density at radius 1 is 1.18 bits per heavy atom. The molecule has 0 aliphatic rings. The fourth-order valence-corrected chi connectivity index (χ4v) is 3.02. The van der Waals surface area contributed by atoms with Crippen LogP contribution in [-0.2, 0) is 0 Å². The van der Waals surface area contributed by atoms with Crippen molar-refractivity contribution in [2.75, 3.05) is 12.4 Å². The Morgan fingerprint density at radius 3 is 2.57 bits per heavy atom. The number of anilines is 1. The molecule has 1 atom stereocenters. The number of hydrogen-bond acceptors (Lipinski definition) is 2. The van der Waals surface area contributed by atoms with E-state index in [9.17, 15) is 22.8 Å². The Labute approximate surface area is 162 Å². The molecule has 1 aromatic heterocycles. The highest BCUT2D eigenvalue weighted by Crippen LogP contribution is 2.28. The Morgan fingerprint density at radius 2 is 1.89 bits per heavy atom. The van der Waals surface area contributed by atoms with Crippen LogP contribution in [0.15, 0.2) is 41.3 Å². The number of carbonyl (C=O) groups is 1. The lowest BCUT2D eigenvalue weighted by atomic mass is 10.0. The number of pyridine rings is 1. The molecular formula is C19H15ClF3N3O2. The van der Waals surface area contributed by atoms with Crippen molar-refractivity contribution in [2.45, 2.75) is 13.0 Å². The lowest BCUT2D eigenvalue weighted by Gasteiger charge is -2.26. The van der Waals surface area contributed by atoms with E-state index < -0.39 is 35.1 Å². The van der Waals surface area contributed by atoms with E-state index in [1.807, 2.05) is 0 Å². The fraction of sp³-hybridized carbons (Fsp3) is 0.158. The fourth-order valence-electron chi connectivity index (χ4n) is 2.84. The number of carbonyl (C=O) groups excluding carboxylic acids is 1. The molecule has 1 heterocycles. The van der Waals surface area contributed by atoms with E-state index in [0.717, 1.165) is 12.1 Å². The van der Waals surface area contributed by atoms with Crippen LogP contribution >= 0.6 is 11.6 Å². The van der Waals surface area contributed by atoms with E-state index in [-0.39, 0.29) is 21.5 Å². The summed E-state index contributed by atoms with van der Waals surface area (Å²) in [7, 11) is 1.47. The second-order valence-electron chi connectivity index (χ2n) is 6.23. The number of nitrogens with zero attached hydrogens (tertiary/aromatic N) is 1. The summed E-state index contributed by atoms with van der Waals surface area (Å²) in [6.45, 7) is 1.63. The smallest absolute Gasteiger partial charge is 0.322 e. The van der Waals surface area contributed by atoms with Crippen molar-refractivity contribution in [3.8, 4) is 0 Å². The average molecular weight is 410 g/mol. The number of amides is 2. The Kier molecular flexibility index (Phi) is 5.33. The molecule has 0 fully saturated rings. The number of fused-ring (bicyclic) bond motifs is 1. The molecule has 2 amide bonds. The minimum Gasteiger partial charge on any atom is -0.328 e. The van der Waals surface area contributed by atoms with Crippen LogP contribution in [0.1, 0.15) is 18.5 Å². The van der Waals surface area contributed by atoms with Gasteiger partial charge < -0.3 is 15.2 Å². The van der Waals surface area contributed by atoms with E-state index >= 15 is 0 Å². The Balaban J connectivity index is 1.93. The van der Waals surface area contributed by atoms with Gasteiger partial charge in [0.15, 0.2) is 0 Å². The highest BCUT2D eigenvalue weighted by atomic mass is 35.5. The van der Waals surface area contributed by atoms with Crippen molar-refractivity contribution < 1.29 is 18.0 Å². The number of benzene rings is 2. The number of halogens is 4. The molecule has 0 saturated carbocycles. The van der Waals surface area contributed by atoms with Crippen molar-refractivity contribution in [3.63, 3.8) is 0 Å². The van der Waals surface area contributed by atoms with Gasteiger partial charge in [-0.1, -0.05) is 11.6 Å². The highest BCUT2D eigenvalue weighted by molar-refractivity contribution is 6.31. The molecule has 2 N–H and O–H groups in total. The topological polar surface area (TPSA) is 65.2 Å². The third kappa shape index (κ3) is 3.68. The van der Waals surface area contributed by atoms with Crippen LogP contribution in [0.3, 0.4) is 0 Å². The Bertz CT molecular complexity index is 1130. The normalized spacial score (nSPS) is 12.1. The van der Waals surface area contributed by atoms with Gasteiger partial charge in [-0.2, -0.15) is 0 Å². The first-order valence-electron chi connectivity index (χ1n) is 8.18. The van der Waals surface area contributed by atoms with E-state index in [1.54, 1.807) is 6.92 Å². The van der Waals surface area contributed by atoms with Gasteiger partial charge >= 0.3 is 6.03 Å². The van der Waals surface area contributed by atoms with Crippen LogP contribution in [0, 0.1) is 17.5 Å². The SMILES string of the molecule is C[C@@H](c1c[nH]c(=O)c2c(F)cc(F)cc12)N(C)C(=O)Nc1ccc(F)c(Cl)c1. The summed E-state index contributed by atoms with van der Waals surface area (Å²) in [5.74, 6) is -2.44. The first kappa shape index (κ1) is 19.8. The van der Waals surface area contributed by atoms with Crippen LogP contribution < -0.4 is 10.9 Å². The molecule has 28 heavy (non-hydrogen) atoms. The zero-order valence-electron chi connectivity index (χ0n) is 14.8. The van der Waals surface area contributed by atoms with E-state index in [2.05, 4.69) is 10.3 Å². The Hall–Kier alpha value is -3.00. The minimum atomic E-state index is -0.988. The monoisotopic (exact) mass is 409 g/mol. The first-order chi connectivity index (χ1) is 13.2. The summed E-state index contributed by atoms with van der Waals surface area (Å²) in [5.41, 5.74) is -0.0711. The minimum absolute atomic E-state index is 0.0678. The summed E-state index contributed by atoms with van der Waals surface area (Å²) in [5, 5.41) is 2.19. The third-order valence-electron chi connectivity index (χ3n) is 4.47. The van der Waals surface area contributed by atoms with Crippen LogP contribution in [0.2, 0.25) is 5.02 Å². The van der Waals surface area contributed by atoms with Gasteiger partial charge in [-0.05, 0) is 42.1 Å². The van der Waals surface area contributed by atoms with Crippen molar-refractivity contribution in [1.29, 1.82) is 0 Å². The number of hydrogen-bond donors (Lipinski definition) is 2. The van der Waals surface area contributed by atoms with Crippen LogP contribution in [0.25, 0.3) is 10.8 Å². The predicted octanol–water partition coefficient (Wildman–Crippen LogP) is 4.82. The van der Waals surface area contributed by atoms with Gasteiger partial charge in [0.25, 0.3) is 5.56 Å². The van der Waals surface area contributed by atoms with Gasteiger partial charge in [-0.15, -0.1) is 0 Å². The standard InChI is InChI=1S/C19H15ClF3N3O2/c1-9(26(2)19(28)25-11-3-4-15(22)14(20)7-11)13-8-24-18(27)17-12(13)5-10(21)6-16(17)23/h3-9H,1-2H3,(H,24,27)(H,25,28)/t9-/m0/s1. The molecule has 0 bridgehead atoms. The molecule has 146 valence electrons. The van der Waals surface area contributed by atoms with Gasteiger partial charge in [0.1, 0.15) is 17.5 Å². The molecule has 0 aliphatic carbocycles. The second-order valence-corrected chi connectivity index (χ2v) is 6.64. The second kappa shape index (κ2) is 7.55. The zero-order valence-corrected chi connectivity index (χ0v) is 15.6. The lowest BCUT2D eigenvalue weighted by molar-refractivity contribution is 0.208. The quantitative estimate of drug-likeness (QED) is 0.651. The predicted molar refractivity (Wildman–Crippen MR) is 101 cm³/mol. The number of aromatic amines is 1. The summed E-state index contributed by atoms with van der Waals surface area (Å²) in [4.78, 5) is 28.1. The van der Waals surface area contributed by atoms with Gasteiger partial charge in [0.05, 0.1) is 16.5 Å². The van der Waals surface area contributed by atoms with E-state index in [0.29, 0.717) is 11.6 Å². The molecule has 2 aromatic carbocycles. The molecule has 0 radical (unpaired) electrons. The highest BCUT2D eigenvalue weighted by Gasteiger charge is 2.22. The number of nitrogens with one attached hydrogen (secondary N) is 2. The maximum Gasteiger partial charge on any atom is 0.322 e. The average Bonchev–Trinajstić information content (AvgIpc) is 2.63. The molecule has 0 spiro atoms. The molecule has 3 aromatic rings. The van der Waals surface area contributed by atoms with Gasteiger partial charge in [-0.3, -0.25) is 4.79 Å². The van der Waals surface area contributed by atoms with Crippen LogP contribution in [0.5, 0.6) is 0 Å². The van der Waals surface area contributed by atoms with Crippen molar-refractivity contribution >= 4 is 34.1 Å². The van der Waals surface area contributed by atoms with Gasteiger partial charge in [0.2, 0.25) is 0 Å². The zero-order chi connectivity index (χ0) is 20.6. The first-order valence-corrected chi connectivity index (χ1v) is 8.56. The van der Waals surface area contributed by atoms with Crippen LogP contribution in [-0.4, -0.2) is 23.0 Å². The summed E-state index contributed by atoms with van der Waals surface area (Å²) in [6.07, 6.45) is 1.31. The molecule has 0 aliphatic heterocycles. The maximum absolute atomic E-state index is 14.1. The van der Waals surface area contributed by atoms with Crippen molar-refractivity contribution in [1.82, 2.24) is 9.88 Å². The van der Waals surface area contributed by atoms with Crippen LogP contribution in [0.4, 0.5) is 23.7 Å². The molecule has 3 rings (SSSR count). The number of H-pyrrole nitrogens is 1. The van der Waals surface area contributed by atoms with Crippen molar-refractivity contribution in [2.24, 2.45) is 0 Å². The number of aromatic nitrogens is 1. The van der Waals surface area contributed by atoms with E-state index in [4.69, 9.17) is 11.6 Å². The largest absolute Gasteiger partial charge is 0.328 e. The molecule has 5 nitrogen and oxygen atoms in total. The lowest BCUT2D eigenvalue weighted by Crippen LogP contribution is -2.34. The summed E-state index contributed by atoms with van der Waals surface area (Å²) < 4.78 is 41.0. The number of urea groups is 1. The number of rotatable bonds is 3. The summed E-state index contributed by atoms with van der Waals surface area (Å²) >= 11 is 5.70. The third-order valence-corrected chi connectivity index (χ3v) is 4.76. The maximum atomic E-state index is 14.1. The van der Waals surface area contributed by atoms with Gasteiger partial charge in [0, 0.05) is 25.0 Å². The molecule has 0 saturated heterocycles. The molecule has 9 heteroatoms. The van der Waals surface area contributed by atoms with Crippen molar-refractivity contribution in [3.05, 3.63) is 74.9 Å². The summed E-state index contributed by atoms with van der Waals surface area (Å²) in [6, 6.07) is 4.17. The van der Waals surface area contributed by atoms with Gasteiger partial charge in [-0.25, -0.2) is 18.0 Å². The van der Waals surface area contributed by atoms with E-state index in [1.165, 1.54) is 30.3 Å². The molecular weight excluding hydrogens is 395 g/mol.